The van der Waals surface area contributed by atoms with Gasteiger partial charge < -0.3 is 10.2 Å². The summed E-state index contributed by atoms with van der Waals surface area (Å²) in [6, 6.07) is 5.90. The molecule has 0 bridgehead atoms. The molecule has 1 aliphatic carbocycles. The molecule has 0 amide bonds. The van der Waals surface area contributed by atoms with E-state index in [0.717, 1.165) is 49.2 Å². The second-order valence-electron chi connectivity index (χ2n) is 11.2. The molecule has 2 aliphatic rings. The van der Waals surface area contributed by atoms with Crippen LogP contribution in [0.4, 0.5) is 24.7 Å². The van der Waals surface area contributed by atoms with Gasteiger partial charge in [0.2, 0.25) is 0 Å². The first-order valence-corrected chi connectivity index (χ1v) is 13.6. The zero-order valence-corrected chi connectivity index (χ0v) is 22.5. The fraction of sp³-hybridized carbons (Fsp3) is 0.533. The van der Waals surface area contributed by atoms with Crippen LogP contribution >= 0.6 is 0 Å². The Labute approximate surface area is 217 Å². The maximum atomic E-state index is 15.4. The van der Waals surface area contributed by atoms with Gasteiger partial charge in [0.15, 0.2) is 0 Å². The number of nitrogens with zero attached hydrogens (tertiary/aromatic N) is 3. The topological polar surface area (TPSA) is 41.1 Å². The van der Waals surface area contributed by atoms with Crippen molar-refractivity contribution < 1.29 is 13.2 Å². The molecule has 198 valence electrons. The number of rotatable bonds is 6. The minimum atomic E-state index is -3.25. The van der Waals surface area contributed by atoms with E-state index in [1.807, 2.05) is 6.92 Å². The Kier molecular flexibility index (Phi) is 6.84. The molecule has 1 aliphatic heterocycles. The molecule has 0 saturated carbocycles. The highest BCUT2D eigenvalue weighted by Crippen LogP contribution is 2.42. The van der Waals surface area contributed by atoms with Crippen LogP contribution in [0.2, 0.25) is 0 Å². The van der Waals surface area contributed by atoms with Crippen molar-refractivity contribution in [3.8, 4) is 0 Å². The van der Waals surface area contributed by atoms with Gasteiger partial charge >= 0.3 is 0 Å². The minimum Gasteiger partial charge on any atom is -0.371 e. The Morgan fingerprint density at radius 2 is 1.76 bits per heavy atom. The van der Waals surface area contributed by atoms with Crippen molar-refractivity contribution in [2.75, 3.05) is 23.3 Å². The molecule has 0 spiro atoms. The average Bonchev–Trinajstić information content (AvgIpc) is 3.34. The SMILES string of the molecule is Cc1nc(N[C@H](C)c2cccc(C(F)(F)C(C)C)c2F)c2cc(N3CCC(C)CC3)c3c(c2n1)CCC3. The predicted octanol–water partition coefficient (Wildman–Crippen LogP) is 7.72. The number of anilines is 2. The van der Waals surface area contributed by atoms with Crippen molar-refractivity contribution >= 4 is 22.4 Å². The molecule has 2 aromatic carbocycles. The Hall–Kier alpha value is -2.83. The highest BCUT2D eigenvalue weighted by molar-refractivity contribution is 5.96. The molecule has 0 radical (unpaired) electrons. The van der Waals surface area contributed by atoms with E-state index in [4.69, 9.17) is 9.97 Å². The fourth-order valence-corrected chi connectivity index (χ4v) is 5.84. The van der Waals surface area contributed by atoms with E-state index in [2.05, 4.69) is 23.2 Å². The summed E-state index contributed by atoms with van der Waals surface area (Å²) in [6.07, 6.45) is 5.50. The van der Waals surface area contributed by atoms with Crippen molar-refractivity contribution in [3.05, 3.63) is 58.2 Å². The molecule has 1 N–H and O–H groups in total. The van der Waals surface area contributed by atoms with E-state index in [0.29, 0.717) is 11.6 Å². The van der Waals surface area contributed by atoms with Crippen LogP contribution in [0, 0.1) is 24.6 Å². The quantitative estimate of drug-likeness (QED) is 0.369. The molecular weight excluding hydrogens is 473 g/mol. The van der Waals surface area contributed by atoms with Crippen LogP contribution in [0.3, 0.4) is 0 Å². The van der Waals surface area contributed by atoms with Gasteiger partial charge in [-0.1, -0.05) is 39.0 Å². The molecule has 4 nitrogen and oxygen atoms in total. The number of aromatic nitrogens is 2. The summed E-state index contributed by atoms with van der Waals surface area (Å²) in [4.78, 5) is 12.0. The van der Waals surface area contributed by atoms with E-state index in [-0.39, 0.29) is 5.56 Å². The zero-order chi connectivity index (χ0) is 26.5. The summed E-state index contributed by atoms with van der Waals surface area (Å²) in [5.74, 6) is -3.12. The highest BCUT2D eigenvalue weighted by Gasteiger charge is 2.39. The van der Waals surface area contributed by atoms with Gasteiger partial charge in [0, 0.05) is 35.6 Å². The molecule has 1 fully saturated rings. The first kappa shape index (κ1) is 25.8. The second-order valence-corrected chi connectivity index (χ2v) is 11.2. The molecule has 2 heterocycles. The minimum absolute atomic E-state index is 0.202. The van der Waals surface area contributed by atoms with Crippen LogP contribution in [-0.4, -0.2) is 23.1 Å². The van der Waals surface area contributed by atoms with Gasteiger partial charge in [-0.15, -0.1) is 0 Å². The van der Waals surface area contributed by atoms with Gasteiger partial charge in [0.1, 0.15) is 17.5 Å². The van der Waals surface area contributed by atoms with Crippen LogP contribution in [-0.2, 0) is 18.8 Å². The molecule has 7 heteroatoms. The standard InChI is InChI=1S/C30H37F3N4/c1-17(2)30(32,33)25-11-7-8-21(27(25)31)19(4)34-29-24-16-26(37-14-12-18(3)13-15-37)22-9-6-10-23(22)28(24)35-20(5)36-29/h7-8,11,16-19H,6,9-10,12-15H2,1-5H3,(H,34,35,36)/t19-/m1/s1. The largest absolute Gasteiger partial charge is 0.371 e. The smallest absolute Gasteiger partial charge is 0.278 e. The van der Waals surface area contributed by atoms with Crippen LogP contribution in [0.5, 0.6) is 0 Å². The van der Waals surface area contributed by atoms with Gasteiger partial charge in [-0.2, -0.15) is 0 Å². The number of piperidine rings is 1. The second kappa shape index (κ2) is 9.80. The number of benzene rings is 2. The van der Waals surface area contributed by atoms with Gasteiger partial charge in [-0.05, 0) is 69.1 Å². The van der Waals surface area contributed by atoms with Gasteiger partial charge in [0.25, 0.3) is 5.92 Å². The first-order chi connectivity index (χ1) is 17.6. The lowest BCUT2D eigenvalue weighted by Gasteiger charge is -2.34. The lowest BCUT2D eigenvalue weighted by atomic mass is 9.94. The summed E-state index contributed by atoms with van der Waals surface area (Å²) in [5, 5.41) is 4.28. The highest BCUT2D eigenvalue weighted by atomic mass is 19.3. The van der Waals surface area contributed by atoms with Crippen molar-refractivity contribution in [2.45, 2.75) is 78.7 Å². The van der Waals surface area contributed by atoms with Crippen LogP contribution in [0.1, 0.15) is 81.1 Å². The monoisotopic (exact) mass is 510 g/mol. The average molecular weight is 511 g/mol. The van der Waals surface area contributed by atoms with Crippen molar-refractivity contribution in [1.82, 2.24) is 9.97 Å². The number of halogens is 3. The van der Waals surface area contributed by atoms with Crippen molar-refractivity contribution in [2.24, 2.45) is 11.8 Å². The number of hydrogen-bond donors (Lipinski definition) is 1. The summed E-state index contributed by atoms with van der Waals surface area (Å²) in [7, 11) is 0. The zero-order valence-electron chi connectivity index (χ0n) is 22.5. The molecule has 5 rings (SSSR count). The van der Waals surface area contributed by atoms with Gasteiger partial charge in [0.05, 0.1) is 17.1 Å². The van der Waals surface area contributed by atoms with Crippen molar-refractivity contribution in [3.63, 3.8) is 0 Å². The summed E-state index contributed by atoms with van der Waals surface area (Å²) in [5.41, 5.74) is 4.54. The van der Waals surface area contributed by atoms with E-state index in [1.165, 1.54) is 55.6 Å². The Bertz CT molecular complexity index is 1310. The maximum Gasteiger partial charge on any atom is 0.278 e. The Morgan fingerprint density at radius 1 is 1.05 bits per heavy atom. The number of alkyl halides is 2. The fourth-order valence-electron chi connectivity index (χ4n) is 5.84. The Morgan fingerprint density at radius 3 is 2.46 bits per heavy atom. The van der Waals surface area contributed by atoms with E-state index >= 15 is 4.39 Å². The summed E-state index contributed by atoms with van der Waals surface area (Å²) in [6.45, 7) is 10.8. The first-order valence-electron chi connectivity index (χ1n) is 13.6. The third-order valence-corrected chi connectivity index (χ3v) is 8.21. The normalized spacial score (nSPS) is 17.5. The molecule has 1 saturated heterocycles. The molecule has 3 aromatic rings. The molecular formula is C30H37F3N4. The summed E-state index contributed by atoms with van der Waals surface area (Å²) >= 11 is 0. The van der Waals surface area contributed by atoms with Crippen LogP contribution in [0.25, 0.3) is 10.9 Å². The Balaban J connectivity index is 1.56. The lowest BCUT2D eigenvalue weighted by molar-refractivity contribution is -0.0545. The predicted molar refractivity (Wildman–Crippen MR) is 144 cm³/mol. The third kappa shape index (κ3) is 4.66. The van der Waals surface area contributed by atoms with Gasteiger partial charge in [-0.25, -0.2) is 23.1 Å². The number of nitrogens with one attached hydrogen (secondary N) is 1. The summed E-state index contributed by atoms with van der Waals surface area (Å²) < 4.78 is 44.9. The molecule has 1 atom stereocenters. The number of aryl methyl sites for hydroxylation is 2. The van der Waals surface area contributed by atoms with E-state index < -0.39 is 29.3 Å². The molecule has 1 aromatic heterocycles. The number of hydrogen-bond acceptors (Lipinski definition) is 4. The van der Waals surface area contributed by atoms with E-state index in [1.54, 1.807) is 13.0 Å². The number of fused-ring (bicyclic) bond motifs is 3. The van der Waals surface area contributed by atoms with Crippen LogP contribution in [0.15, 0.2) is 24.3 Å². The molecule has 0 unspecified atom stereocenters. The molecule has 37 heavy (non-hydrogen) atoms. The third-order valence-electron chi connectivity index (χ3n) is 8.21. The van der Waals surface area contributed by atoms with Gasteiger partial charge in [-0.3, -0.25) is 0 Å². The lowest BCUT2D eigenvalue weighted by Crippen LogP contribution is -2.33. The maximum absolute atomic E-state index is 15.4. The van der Waals surface area contributed by atoms with Crippen LogP contribution < -0.4 is 10.2 Å². The van der Waals surface area contributed by atoms with Crippen molar-refractivity contribution in [1.29, 1.82) is 0 Å². The van der Waals surface area contributed by atoms with E-state index in [9.17, 15) is 8.78 Å².